The topological polar surface area (TPSA) is 77.5 Å². The number of aromatic nitrogens is 1. The van der Waals surface area contributed by atoms with E-state index < -0.39 is 5.97 Å². The Hall–Kier alpha value is -4.23. The first-order chi connectivity index (χ1) is 17.6. The van der Waals surface area contributed by atoms with Crippen LogP contribution in [0.15, 0.2) is 90.3 Å². The molecule has 0 aliphatic carbocycles. The molecular weight excluding hydrogens is 472 g/mol. The van der Waals surface area contributed by atoms with Crippen molar-refractivity contribution in [1.29, 1.82) is 0 Å². The van der Waals surface area contributed by atoms with Crippen LogP contribution in [0.3, 0.4) is 0 Å². The number of esters is 1. The van der Waals surface area contributed by atoms with Crippen LogP contribution < -0.4 is 10.1 Å². The number of methoxy groups -OCH3 is 1. The molecule has 3 aromatic carbocycles. The first-order valence-electron chi connectivity index (χ1n) is 11.4. The maximum absolute atomic E-state index is 13.1. The molecule has 0 bridgehead atoms. The second kappa shape index (κ2) is 12.5. The van der Waals surface area contributed by atoms with Crippen molar-refractivity contribution in [3.63, 3.8) is 0 Å². The maximum Gasteiger partial charge on any atom is 0.339 e. The Balaban J connectivity index is 1.39. The molecule has 1 N–H and O–H groups in total. The van der Waals surface area contributed by atoms with E-state index in [0.717, 1.165) is 16.7 Å². The SMILES string of the molecule is COc1ccccc1/C=C(/C(=O)OCc1csc(CC(=O)NCc2ccccc2)n1)c1ccccc1. The number of rotatable bonds is 10. The summed E-state index contributed by atoms with van der Waals surface area (Å²) in [5.41, 5.74) is 3.56. The molecule has 0 radical (unpaired) electrons. The highest BCUT2D eigenvalue weighted by Crippen LogP contribution is 2.26. The van der Waals surface area contributed by atoms with E-state index in [0.29, 0.717) is 28.6 Å². The van der Waals surface area contributed by atoms with Gasteiger partial charge in [-0.25, -0.2) is 9.78 Å². The molecular formula is C29H26N2O4S. The second-order valence-corrected chi connectivity index (χ2v) is 8.86. The first kappa shape index (κ1) is 24.9. The van der Waals surface area contributed by atoms with Crippen molar-refractivity contribution in [2.24, 2.45) is 0 Å². The third kappa shape index (κ3) is 6.90. The summed E-state index contributed by atoms with van der Waals surface area (Å²) in [5.74, 6) is 0.0820. The lowest BCUT2D eigenvalue weighted by atomic mass is 10.0. The number of hydrogen-bond acceptors (Lipinski definition) is 6. The van der Waals surface area contributed by atoms with Crippen molar-refractivity contribution in [3.05, 3.63) is 118 Å². The Morgan fingerprint density at radius 1 is 0.944 bits per heavy atom. The van der Waals surface area contributed by atoms with Gasteiger partial charge in [-0.3, -0.25) is 4.79 Å². The molecule has 182 valence electrons. The van der Waals surface area contributed by atoms with Gasteiger partial charge in [0, 0.05) is 17.5 Å². The molecule has 0 aliphatic rings. The third-order valence-electron chi connectivity index (χ3n) is 5.34. The summed E-state index contributed by atoms with van der Waals surface area (Å²) < 4.78 is 11.0. The van der Waals surface area contributed by atoms with E-state index in [4.69, 9.17) is 9.47 Å². The summed E-state index contributed by atoms with van der Waals surface area (Å²) in [7, 11) is 1.59. The van der Waals surface area contributed by atoms with E-state index in [1.165, 1.54) is 11.3 Å². The summed E-state index contributed by atoms with van der Waals surface area (Å²) in [6.07, 6.45) is 1.94. The number of hydrogen-bond donors (Lipinski definition) is 1. The summed E-state index contributed by atoms with van der Waals surface area (Å²) >= 11 is 1.37. The van der Waals surface area contributed by atoms with E-state index in [1.807, 2.05) is 84.9 Å². The largest absolute Gasteiger partial charge is 0.496 e. The summed E-state index contributed by atoms with van der Waals surface area (Å²) in [4.78, 5) is 29.9. The Bertz CT molecular complexity index is 1330. The molecule has 36 heavy (non-hydrogen) atoms. The Morgan fingerprint density at radius 2 is 1.64 bits per heavy atom. The van der Waals surface area contributed by atoms with Gasteiger partial charge in [-0.2, -0.15) is 0 Å². The molecule has 1 heterocycles. The summed E-state index contributed by atoms with van der Waals surface area (Å²) in [6.45, 7) is 0.480. The van der Waals surface area contributed by atoms with Gasteiger partial charge in [0.15, 0.2) is 0 Å². The van der Waals surface area contributed by atoms with Gasteiger partial charge < -0.3 is 14.8 Å². The average molecular weight is 499 g/mol. The van der Waals surface area contributed by atoms with Gasteiger partial charge in [0.05, 0.1) is 24.8 Å². The molecule has 1 aromatic heterocycles. The zero-order valence-electron chi connectivity index (χ0n) is 19.8. The summed E-state index contributed by atoms with van der Waals surface area (Å²) in [6, 6.07) is 26.6. The number of amides is 1. The standard InChI is InChI=1S/C29H26N2O4S/c1-34-26-15-9-8-14-23(26)16-25(22-12-6-3-7-13-22)29(33)35-19-24-20-36-28(31-24)17-27(32)30-18-21-10-4-2-5-11-21/h2-16,20H,17-19H2,1H3,(H,30,32)/b25-16+. The second-order valence-electron chi connectivity index (χ2n) is 7.91. The van der Waals surface area contributed by atoms with Crippen molar-refractivity contribution in [2.75, 3.05) is 7.11 Å². The van der Waals surface area contributed by atoms with Crippen LogP contribution in [0.4, 0.5) is 0 Å². The molecule has 0 unspecified atom stereocenters. The minimum Gasteiger partial charge on any atom is -0.496 e. The van der Waals surface area contributed by atoms with E-state index in [9.17, 15) is 9.59 Å². The zero-order valence-corrected chi connectivity index (χ0v) is 20.7. The minimum absolute atomic E-state index is 0.0110. The van der Waals surface area contributed by atoms with Crippen LogP contribution in [-0.4, -0.2) is 24.0 Å². The van der Waals surface area contributed by atoms with E-state index in [1.54, 1.807) is 18.6 Å². The zero-order chi connectivity index (χ0) is 25.2. The normalized spacial score (nSPS) is 11.1. The smallest absolute Gasteiger partial charge is 0.339 e. The number of thiazole rings is 1. The highest BCUT2D eigenvalue weighted by atomic mass is 32.1. The van der Waals surface area contributed by atoms with Gasteiger partial charge in [0.1, 0.15) is 17.4 Å². The molecule has 0 spiro atoms. The van der Waals surface area contributed by atoms with Crippen molar-refractivity contribution >= 4 is 34.9 Å². The van der Waals surface area contributed by atoms with Crippen LogP contribution in [0.25, 0.3) is 11.6 Å². The molecule has 4 rings (SSSR count). The molecule has 0 aliphatic heterocycles. The highest BCUT2D eigenvalue weighted by Gasteiger charge is 2.16. The van der Waals surface area contributed by atoms with E-state index >= 15 is 0 Å². The monoisotopic (exact) mass is 498 g/mol. The average Bonchev–Trinajstić information content (AvgIpc) is 3.37. The lowest BCUT2D eigenvalue weighted by Crippen LogP contribution is -2.24. The third-order valence-corrected chi connectivity index (χ3v) is 6.24. The number of benzene rings is 3. The number of ether oxygens (including phenoxy) is 2. The van der Waals surface area contributed by atoms with Gasteiger partial charge in [-0.15, -0.1) is 11.3 Å². The predicted molar refractivity (Wildman–Crippen MR) is 141 cm³/mol. The van der Waals surface area contributed by atoms with Gasteiger partial charge >= 0.3 is 5.97 Å². The molecule has 7 heteroatoms. The molecule has 4 aromatic rings. The Kier molecular flexibility index (Phi) is 8.62. The summed E-state index contributed by atoms with van der Waals surface area (Å²) in [5, 5.41) is 5.37. The molecule has 1 amide bonds. The number of para-hydroxylation sites is 1. The Labute approximate surface area is 214 Å². The van der Waals surface area contributed by atoms with Crippen LogP contribution in [0.2, 0.25) is 0 Å². The van der Waals surface area contributed by atoms with Crippen molar-refractivity contribution in [3.8, 4) is 5.75 Å². The number of nitrogens with zero attached hydrogens (tertiary/aromatic N) is 1. The fraction of sp³-hybridized carbons (Fsp3) is 0.138. The minimum atomic E-state index is -0.470. The van der Waals surface area contributed by atoms with Crippen LogP contribution >= 0.6 is 11.3 Å². The Morgan fingerprint density at radius 3 is 2.39 bits per heavy atom. The molecule has 6 nitrogen and oxygen atoms in total. The first-order valence-corrected chi connectivity index (χ1v) is 12.3. The van der Waals surface area contributed by atoms with Gasteiger partial charge in [-0.05, 0) is 23.3 Å². The van der Waals surface area contributed by atoms with E-state index in [2.05, 4.69) is 10.3 Å². The quantitative estimate of drug-likeness (QED) is 0.183. The number of nitrogens with one attached hydrogen (secondary N) is 1. The van der Waals surface area contributed by atoms with Crippen molar-refractivity contribution in [2.45, 2.75) is 19.6 Å². The molecule has 0 saturated heterocycles. The van der Waals surface area contributed by atoms with Crippen molar-refractivity contribution < 1.29 is 19.1 Å². The lowest BCUT2D eigenvalue weighted by Gasteiger charge is -2.10. The van der Waals surface area contributed by atoms with Crippen molar-refractivity contribution in [1.82, 2.24) is 10.3 Å². The highest BCUT2D eigenvalue weighted by molar-refractivity contribution is 7.09. The number of carbonyl (C=O) groups is 2. The molecule has 0 fully saturated rings. The lowest BCUT2D eigenvalue weighted by molar-refractivity contribution is -0.137. The van der Waals surface area contributed by atoms with Crippen LogP contribution in [0.5, 0.6) is 5.75 Å². The van der Waals surface area contributed by atoms with Gasteiger partial charge in [0.25, 0.3) is 0 Å². The molecule has 0 atom stereocenters. The predicted octanol–water partition coefficient (Wildman–Crippen LogP) is 5.29. The van der Waals surface area contributed by atoms with Crippen LogP contribution in [0, 0.1) is 0 Å². The fourth-order valence-electron chi connectivity index (χ4n) is 3.53. The number of carbonyl (C=O) groups excluding carboxylic acids is 2. The maximum atomic E-state index is 13.1. The van der Waals surface area contributed by atoms with Gasteiger partial charge in [-0.1, -0.05) is 78.9 Å². The van der Waals surface area contributed by atoms with Crippen LogP contribution in [-0.2, 0) is 33.9 Å². The van der Waals surface area contributed by atoms with Crippen LogP contribution in [0.1, 0.15) is 27.4 Å². The van der Waals surface area contributed by atoms with E-state index in [-0.39, 0.29) is 18.9 Å². The van der Waals surface area contributed by atoms with Gasteiger partial charge in [0.2, 0.25) is 5.91 Å². The molecule has 0 saturated carbocycles. The fourth-order valence-corrected chi connectivity index (χ4v) is 4.31.